The number of hydrogen-bond acceptors (Lipinski definition) is 6. The minimum atomic E-state index is -0.395. The van der Waals surface area contributed by atoms with Gasteiger partial charge in [-0.2, -0.15) is 9.67 Å². The number of nitrogen functional groups attached to an aromatic ring is 1. The third-order valence-corrected chi connectivity index (χ3v) is 3.42. The van der Waals surface area contributed by atoms with Crippen LogP contribution in [0.3, 0.4) is 0 Å². The summed E-state index contributed by atoms with van der Waals surface area (Å²) in [5.41, 5.74) is 7.56. The van der Waals surface area contributed by atoms with Crippen LogP contribution in [0.15, 0.2) is 59.1 Å². The van der Waals surface area contributed by atoms with Gasteiger partial charge in [0, 0.05) is 5.56 Å². The first-order valence-corrected chi connectivity index (χ1v) is 7.09. The van der Waals surface area contributed by atoms with E-state index in [1.807, 2.05) is 30.3 Å². The van der Waals surface area contributed by atoms with Crippen LogP contribution in [0.1, 0.15) is 0 Å². The van der Waals surface area contributed by atoms with Crippen LogP contribution in [0.5, 0.6) is 0 Å². The predicted octanol–water partition coefficient (Wildman–Crippen LogP) is 2.71. The summed E-state index contributed by atoms with van der Waals surface area (Å²) in [5.74, 6) is 0.358. The maximum Gasteiger partial charge on any atom is 0.282 e. The lowest BCUT2D eigenvalue weighted by molar-refractivity contribution is 0.431. The molecule has 0 aliphatic rings. The molecular weight excluding hydrogens is 311 g/mol. The zero-order valence-electron chi connectivity index (χ0n) is 12.3. The number of nitrogens with zero attached hydrogens (tertiary/aromatic N) is 5. The number of halogens is 1. The molecule has 0 amide bonds. The van der Waals surface area contributed by atoms with E-state index in [2.05, 4.69) is 20.5 Å². The van der Waals surface area contributed by atoms with Crippen molar-refractivity contribution >= 4 is 5.82 Å². The molecule has 8 heteroatoms. The second kappa shape index (κ2) is 5.58. The van der Waals surface area contributed by atoms with Crippen molar-refractivity contribution in [3.8, 4) is 28.7 Å². The first-order chi connectivity index (χ1) is 11.7. The van der Waals surface area contributed by atoms with Crippen LogP contribution >= 0.6 is 0 Å². The quantitative estimate of drug-likeness (QED) is 0.623. The molecule has 0 radical (unpaired) electrons. The summed E-state index contributed by atoms with van der Waals surface area (Å²) in [6, 6.07) is 15.2. The van der Waals surface area contributed by atoms with E-state index >= 15 is 0 Å². The van der Waals surface area contributed by atoms with E-state index < -0.39 is 5.82 Å². The minimum absolute atomic E-state index is 0.147. The Morgan fingerprint density at radius 1 is 1.04 bits per heavy atom. The molecule has 0 fully saturated rings. The molecule has 0 saturated carbocycles. The zero-order chi connectivity index (χ0) is 16.5. The van der Waals surface area contributed by atoms with Gasteiger partial charge in [0.1, 0.15) is 5.82 Å². The van der Waals surface area contributed by atoms with Gasteiger partial charge in [0.2, 0.25) is 5.82 Å². The normalized spacial score (nSPS) is 10.9. The van der Waals surface area contributed by atoms with Gasteiger partial charge < -0.3 is 10.3 Å². The van der Waals surface area contributed by atoms with Crippen molar-refractivity contribution in [2.24, 2.45) is 0 Å². The van der Waals surface area contributed by atoms with Crippen LogP contribution in [0.4, 0.5) is 10.2 Å². The number of nitrogens with two attached hydrogens (primary N) is 1. The van der Waals surface area contributed by atoms with Gasteiger partial charge >= 0.3 is 0 Å². The lowest BCUT2D eigenvalue weighted by Gasteiger charge is -2.02. The molecule has 4 rings (SSSR count). The zero-order valence-corrected chi connectivity index (χ0v) is 12.3. The van der Waals surface area contributed by atoms with E-state index in [9.17, 15) is 4.39 Å². The van der Waals surface area contributed by atoms with E-state index in [1.165, 1.54) is 16.8 Å². The van der Waals surface area contributed by atoms with E-state index in [1.54, 1.807) is 12.1 Å². The maximum atomic E-state index is 13.4. The highest BCUT2D eigenvalue weighted by Gasteiger charge is 2.19. The summed E-state index contributed by atoms with van der Waals surface area (Å²) in [6.07, 6.45) is 0. The van der Waals surface area contributed by atoms with Gasteiger partial charge in [-0.05, 0) is 18.2 Å². The molecule has 4 aromatic rings. The largest absolute Gasteiger partial charge is 0.382 e. The lowest BCUT2D eigenvalue weighted by Crippen LogP contribution is -2.02. The number of anilines is 1. The van der Waals surface area contributed by atoms with Gasteiger partial charge in [-0.3, -0.25) is 0 Å². The smallest absolute Gasteiger partial charge is 0.282 e. The van der Waals surface area contributed by atoms with Crippen molar-refractivity contribution in [1.82, 2.24) is 25.1 Å². The van der Waals surface area contributed by atoms with Gasteiger partial charge in [-0.25, -0.2) is 4.39 Å². The molecule has 0 aliphatic heterocycles. The average molecular weight is 322 g/mol. The number of aromatic nitrogens is 5. The summed E-state index contributed by atoms with van der Waals surface area (Å²) in [4.78, 5) is 4.29. The molecule has 0 aliphatic carbocycles. The minimum Gasteiger partial charge on any atom is -0.382 e. The van der Waals surface area contributed by atoms with Gasteiger partial charge in [0.25, 0.3) is 5.89 Å². The fraction of sp³-hybridized carbons (Fsp3) is 0. The summed E-state index contributed by atoms with van der Waals surface area (Å²) in [5, 5.41) is 11.8. The van der Waals surface area contributed by atoms with Crippen molar-refractivity contribution in [3.63, 3.8) is 0 Å². The van der Waals surface area contributed by atoms with Crippen LogP contribution in [0.2, 0.25) is 0 Å². The molecule has 2 N–H and O–H groups in total. The second-order valence-corrected chi connectivity index (χ2v) is 5.00. The number of hydrogen-bond donors (Lipinski definition) is 1. The van der Waals surface area contributed by atoms with Crippen molar-refractivity contribution in [2.45, 2.75) is 0 Å². The molecule has 0 bridgehead atoms. The van der Waals surface area contributed by atoms with Gasteiger partial charge in [0.15, 0.2) is 11.5 Å². The summed E-state index contributed by atoms with van der Waals surface area (Å²) < 4.78 is 19.9. The molecule has 2 aromatic carbocycles. The fourth-order valence-electron chi connectivity index (χ4n) is 2.26. The van der Waals surface area contributed by atoms with Crippen LogP contribution < -0.4 is 5.73 Å². The fourth-order valence-corrected chi connectivity index (χ4v) is 2.26. The lowest BCUT2D eigenvalue weighted by atomic mass is 10.2. The van der Waals surface area contributed by atoms with Crippen molar-refractivity contribution in [2.75, 3.05) is 5.73 Å². The monoisotopic (exact) mass is 322 g/mol. The Kier molecular flexibility index (Phi) is 3.27. The molecule has 24 heavy (non-hydrogen) atoms. The van der Waals surface area contributed by atoms with E-state index in [0.29, 0.717) is 11.5 Å². The first-order valence-electron chi connectivity index (χ1n) is 7.09. The topological polar surface area (TPSA) is 95.7 Å². The van der Waals surface area contributed by atoms with Crippen molar-refractivity contribution in [1.29, 1.82) is 0 Å². The molecule has 2 aromatic heterocycles. The Bertz CT molecular complexity index is 995. The molecular formula is C16H11FN6O. The SMILES string of the molecule is Nc1c(-c2nc(-c3ccccc3)no2)nnn1-c1cccc(F)c1. The Morgan fingerprint density at radius 3 is 2.67 bits per heavy atom. The summed E-state index contributed by atoms with van der Waals surface area (Å²) in [6.45, 7) is 0. The second-order valence-electron chi connectivity index (χ2n) is 5.00. The molecule has 7 nitrogen and oxygen atoms in total. The Morgan fingerprint density at radius 2 is 1.88 bits per heavy atom. The summed E-state index contributed by atoms with van der Waals surface area (Å²) >= 11 is 0. The third kappa shape index (κ3) is 2.39. The Balaban J connectivity index is 1.73. The van der Waals surface area contributed by atoms with E-state index in [4.69, 9.17) is 10.3 Å². The highest BCUT2D eigenvalue weighted by Crippen LogP contribution is 2.26. The molecule has 118 valence electrons. The number of rotatable bonds is 3. The molecule has 0 unspecified atom stereocenters. The van der Waals surface area contributed by atoms with Crippen LogP contribution in [-0.4, -0.2) is 25.1 Å². The van der Waals surface area contributed by atoms with Crippen LogP contribution in [-0.2, 0) is 0 Å². The van der Waals surface area contributed by atoms with Gasteiger partial charge in [-0.15, -0.1) is 5.10 Å². The average Bonchev–Trinajstić information content (AvgIpc) is 3.22. The Hall–Kier alpha value is -3.55. The molecule has 0 spiro atoms. The van der Waals surface area contributed by atoms with Crippen LogP contribution in [0.25, 0.3) is 28.7 Å². The Labute approximate surface area is 135 Å². The van der Waals surface area contributed by atoms with Crippen molar-refractivity contribution < 1.29 is 8.91 Å². The molecule has 0 atom stereocenters. The highest BCUT2D eigenvalue weighted by molar-refractivity contribution is 5.66. The highest BCUT2D eigenvalue weighted by atomic mass is 19.1. The number of benzene rings is 2. The molecule has 2 heterocycles. The third-order valence-electron chi connectivity index (χ3n) is 3.42. The molecule has 0 saturated heterocycles. The van der Waals surface area contributed by atoms with Crippen LogP contribution in [0, 0.1) is 5.82 Å². The van der Waals surface area contributed by atoms with Gasteiger partial charge in [0.05, 0.1) is 5.69 Å². The van der Waals surface area contributed by atoms with E-state index in [0.717, 1.165) is 5.56 Å². The standard InChI is InChI=1S/C16H11FN6O/c17-11-7-4-8-12(9-11)23-14(18)13(20-22-23)16-19-15(21-24-16)10-5-2-1-3-6-10/h1-9H,18H2. The predicted molar refractivity (Wildman–Crippen MR) is 84.5 cm³/mol. The summed E-state index contributed by atoms with van der Waals surface area (Å²) in [7, 11) is 0. The van der Waals surface area contributed by atoms with Crippen molar-refractivity contribution in [3.05, 3.63) is 60.4 Å². The first kappa shape index (κ1) is 14.1. The van der Waals surface area contributed by atoms with Gasteiger partial charge in [-0.1, -0.05) is 46.8 Å². The maximum absolute atomic E-state index is 13.4. The van der Waals surface area contributed by atoms with E-state index in [-0.39, 0.29) is 17.4 Å².